The first-order chi connectivity index (χ1) is 20.4. The van der Waals surface area contributed by atoms with Crippen molar-refractivity contribution in [3.05, 3.63) is 57.8 Å². The summed E-state index contributed by atoms with van der Waals surface area (Å²) in [7, 11) is 6.97. The maximum absolute atomic E-state index is 6.46. The van der Waals surface area contributed by atoms with Crippen molar-refractivity contribution in [2.24, 2.45) is 0 Å². The second-order valence-corrected chi connectivity index (χ2v) is 11.6. The lowest BCUT2D eigenvalue weighted by Gasteiger charge is -2.41. The highest BCUT2D eigenvalue weighted by Gasteiger charge is 2.28. The van der Waals surface area contributed by atoms with Crippen LogP contribution in [0.25, 0.3) is 0 Å². The third-order valence-electron chi connectivity index (χ3n) is 8.35. The molecule has 2 fully saturated rings. The normalized spacial score (nSPS) is 17.2. The van der Waals surface area contributed by atoms with Crippen molar-refractivity contribution >= 4 is 34.8 Å². The van der Waals surface area contributed by atoms with E-state index in [1.54, 1.807) is 25.6 Å². The summed E-state index contributed by atoms with van der Waals surface area (Å²) in [6.07, 6.45) is 8.09. The minimum atomic E-state index is 0.0908. The van der Waals surface area contributed by atoms with E-state index in [4.69, 9.17) is 42.1 Å². The van der Waals surface area contributed by atoms with E-state index < -0.39 is 0 Å². The molecule has 3 aromatic rings. The third-order valence-corrected chi connectivity index (χ3v) is 9.18. The van der Waals surface area contributed by atoms with Gasteiger partial charge in [-0.15, -0.1) is 0 Å². The Morgan fingerprint density at radius 2 is 1.45 bits per heavy atom. The van der Waals surface area contributed by atoms with Crippen LogP contribution >= 0.6 is 23.2 Å². The smallest absolute Gasteiger partial charge is 0.227 e. The van der Waals surface area contributed by atoms with E-state index in [-0.39, 0.29) is 6.61 Å². The summed E-state index contributed by atoms with van der Waals surface area (Å²) in [5.74, 6) is 3.10. The van der Waals surface area contributed by atoms with Crippen LogP contribution in [-0.4, -0.2) is 80.4 Å². The molecule has 2 aromatic carbocycles. The number of aromatic nitrogens is 2. The van der Waals surface area contributed by atoms with E-state index in [0.29, 0.717) is 44.7 Å². The Kier molecular flexibility index (Phi) is 10.2. The monoisotopic (exact) mass is 615 g/mol. The first-order valence-electron chi connectivity index (χ1n) is 14.3. The van der Waals surface area contributed by atoms with Crippen molar-refractivity contribution in [2.75, 3.05) is 59.9 Å². The van der Waals surface area contributed by atoms with Gasteiger partial charge in [0.1, 0.15) is 23.9 Å². The van der Waals surface area contributed by atoms with Gasteiger partial charge in [0.15, 0.2) is 5.75 Å². The molecule has 0 aliphatic carbocycles. The molecule has 2 saturated heterocycles. The second kappa shape index (κ2) is 14.0. The van der Waals surface area contributed by atoms with E-state index in [1.165, 1.54) is 58.6 Å². The maximum Gasteiger partial charge on any atom is 0.227 e. The zero-order valence-electron chi connectivity index (χ0n) is 24.7. The summed E-state index contributed by atoms with van der Waals surface area (Å²) < 4.78 is 22.3. The average Bonchev–Trinajstić information content (AvgIpc) is 3.02. The Labute approximate surface area is 258 Å². The summed E-state index contributed by atoms with van der Waals surface area (Å²) >= 11 is 12.9. The van der Waals surface area contributed by atoms with Crippen molar-refractivity contribution in [3.63, 3.8) is 0 Å². The summed E-state index contributed by atoms with van der Waals surface area (Å²) in [4.78, 5) is 14.0. The highest BCUT2D eigenvalue weighted by Crippen LogP contribution is 2.41. The van der Waals surface area contributed by atoms with E-state index in [2.05, 4.69) is 44.3 Å². The van der Waals surface area contributed by atoms with E-state index in [9.17, 15) is 0 Å². The Hall–Kier alpha value is -2.98. The third kappa shape index (κ3) is 6.97. The predicted octanol–water partition coefficient (Wildman–Crippen LogP) is 6.41. The summed E-state index contributed by atoms with van der Waals surface area (Å²) in [5.41, 5.74) is 2.67. The molecular weight excluding hydrogens is 577 g/mol. The first-order valence-corrected chi connectivity index (χ1v) is 15.1. The van der Waals surface area contributed by atoms with Gasteiger partial charge < -0.3 is 34.1 Å². The molecule has 5 rings (SSSR count). The lowest BCUT2D eigenvalue weighted by Crippen LogP contribution is -2.46. The molecular formula is C31H39Cl2N5O4. The van der Waals surface area contributed by atoms with Crippen LogP contribution in [0.1, 0.15) is 42.7 Å². The van der Waals surface area contributed by atoms with E-state index in [1.807, 2.05) is 6.07 Å². The fourth-order valence-corrected chi connectivity index (χ4v) is 6.43. The molecule has 1 N–H and O–H groups in total. The number of hydrogen-bond acceptors (Lipinski definition) is 9. The molecule has 9 nitrogen and oxygen atoms in total. The van der Waals surface area contributed by atoms with Gasteiger partial charge in [-0.05, 0) is 82.5 Å². The highest BCUT2D eigenvalue weighted by atomic mass is 35.5. The Morgan fingerprint density at radius 1 is 0.833 bits per heavy atom. The summed E-state index contributed by atoms with van der Waals surface area (Å²) in [6.45, 7) is 4.82. The molecule has 3 heterocycles. The molecule has 2 aliphatic rings. The molecule has 0 radical (unpaired) electrons. The lowest BCUT2D eigenvalue weighted by atomic mass is 9.87. The van der Waals surface area contributed by atoms with Crippen molar-refractivity contribution in [1.29, 1.82) is 0 Å². The van der Waals surface area contributed by atoms with Crippen LogP contribution in [0, 0.1) is 0 Å². The summed E-state index contributed by atoms with van der Waals surface area (Å²) in [5, 5.41) is 3.99. The standard InChI is InChI=1S/C31H39Cl2N5O4/c1-37-11-9-22(10-12-37)38-13-7-20(8-14-38)21-5-6-25(26(15-21)39-2)36-31-34-17-23(18-35-31)42-19-24-29(32)27(40-3)16-28(41-4)30(24)33/h5-6,15-18,20,22H,7-14,19H2,1-4H3,(H,34,35,36). The zero-order valence-corrected chi connectivity index (χ0v) is 26.2. The number of methoxy groups -OCH3 is 3. The van der Waals surface area contributed by atoms with Crippen molar-refractivity contribution in [1.82, 2.24) is 19.8 Å². The van der Waals surface area contributed by atoms with Gasteiger partial charge in [0, 0.05) is 17.7 Å². The zero-order chi connectivity index (χ0) is 29.6. The molecule has 2 aliphatic heterocycles. The predicted molar refractivity (Wildman–Crippen MR) is 166 cm³/mol. The number of likely N-dealkylation sites (tertiary alicyclic amines) is 2. The highest BCUT2D eigenvalue weighted by molar-refractivity contribution is 6.37. The molecule has 0 unspecified atom stereocenters. The van der Waals surface area contributed by atoms with Gasteiger partial charge in [-0.25, -0.2) is 9.97 Å². The van der Waals surface area contributed by atoms with Gasteiger partial charge in [-0.1, -0.05) is 29.3 Å². The molecule has 226 valence electrons. The number of halogens is 2. The molecule has 0 bridgehead atoms. The topological polar surface area (TPSA) is 81.2 Å². The molecule has 0 saturated carbocycles. The summed E-state index contributed by atoms with van der Waals surface area (Å²) in [6, 6.07) is 8.75. The number of rotatable bonds is 10. The molecule has 0 spiro atoms. The van der Waals surface area contributed by atoms with Crippen molar-refractivity contribution in [3.8, 4) is 23.0 Å². The molecule has 0 atom stereocenters. The number of piperidine rings is 2. The van der Waals surface area contributed by atoms with Crippen LogP contribution in [0.2, 0.25) is 10.0 Å². The van der Waals surface area contributed by atoms with Gasteiger partial charge >= 0.3 is 0 Å². The minimum Gasteiger partial charge on any atom is -0.495 e. The van der Waals surface area contributed by atoms with Crippen molar-refractivity contribution < 1.29 is 18.9 Å². The number of hydrogen-bond donors (Lipinski definition) is 1. The van der Waals surface area contributed by atoms with Gasteiger partial charge in [0.2, 0.25) is 5.95 Å². The molecule has 1 aromatic heterocycles. The number of nitrogens with zero attached hydrogens (tertiary/aromatic N) is 4. The Morgan fingerprint density at radius 3 is 2.05 bits per heavy atom. The van der Waals surface area contributed by atoms with E-state index >= 15 is 0 Å². The first kappa shape index (κ1) is 30.5. The minimum absolute atomic E-state index is 0.0908. The molecule has 11 heteroatoms. The van der Waals surface area contributed by atoms with Crippen LogP contribution in [0.3, 0.4) is 0 Å². The van der Waals surface area contributed by atoms with Crippen molar-refractivity contribution in [2.45, 2.75) is 44.2 Å². The quantitative estimate of drug-likeness (QED) is 0.278. The maximum atomic E-state index is 6.46. The van der Waals surface area contributed by atoms with Gasteiger partial charge in [-0.2, -0.15) is 0 Å². The van der Waals surface area contributed by atoms with Crippen LogP contribution in [0.5, 0.6) is 23.0 Å². The lowest BCUT2D eigenvalue weighted by molar-refractivity contribution is 0.0966. The average molecular weight is 617 g/mol. The van der Waals surface area contributed by atoms with Crippen LogP contribution in [0.15, 0.2) is 36.7 Å². The van der Waals surface area contributed by atoms with E-state index in [0.717, 1.165) is 30.6 Å². The molecule has 42 heavy (non-hydrogen) atoms. The number of ether oxygens (including phenoxy) is 4. The number of benzene rings is 2. The fourth-order valence-electron chi connectivity index (χ4n) is 5.82. The Balaban J connectivity index is 1.18. The SMILES string of the molecule is COc1cc(C2CCN(C3CCN(C)CC3)CC2)ccc1Nc1ncc(OCc2c(Cl)c(OC)cc(OC)c2Cl)cn1. The van der Waals surface area contributed by atoms with Crippen LogP contribution in [0.4, 0.5) is 11.6 Å². The van der Waals surface area contributed by atoms with Gasteiger partial charge in [0.25, 0.3) is 0 Å². The van der Waals surface area contributed by atoms with Crippen LogP contribution < -0.4 is 24.3 Å². The van der Waals surface area contributed by atoms with Gasteiger partial charge in [-0.3, -0.25) is 0 Å². The number of nitrogens with one attached hydrogen (secondary N) is 1. The second-order valence-electron chi connectivity index (χ2n) is 10.8. The van der Waals surface area contributed by atoms with Gasteiger partial charge in [0.05, 0.1) is 49.5 Å². The fraction of sp³-hybridized carbons (Fsp3) is 0.484. The number of anilines is 2. The van der Waals surface area contributed by atoms with Crippen LogP contribution in [-0.2, 0) is 6.61 Å². The Bertz CT molecular complexity index is 1320. The molecule has 0 amide bonds. The largest absolute Gasteiger partial charge is 0.495 e.